The summed E-state index contributed by atoms with van der Waals surface area (Å²) in [4.78, 5) is 11.3. The van der Waals surface area contributed by atoms with Gasteiger partial charge in [0.2, 0.25) is 11.8 Å². The van der Waals surface area contributed by atoms with Crippen LogP contribution in [-0.2, 0) is 0 Å². The molecule has 1 aliphatic heterocycles. The molecule has 1 aromatic rings. The number of ether oxygens (including phenoxy) is 1. The minimum absolute atomic E-state index is 0.505. The molecule has 1 fully saturated rings. The largest absolute Gasteiger partial charge is 0.478 e. The third kappa shape index (κ3) is 4.07. The van der Waals surface area contributed by atoms with E-state index in [1.165, 1.54) is 12.8 Å². The lowest BCUT2D eigenvalue weighted by Gasteiger charge is -2.27. The van der Waals surface area contributed by atoms with Crippen LogP contribution in [0.2, 0.25) is 0 Å². The van der Waals surface area contributed by atoms with Crippen LogP contribution in [0.5, 0.6) is 5.88 Å². The van der Waals surface area contributed by atoms with Gasteiger partial charge in [0.1, 0.15) is 0 Å². The maximum atomic E-state index is 5.65. The Balaban J connectivity index is 2.11. The molecule has 0 spiro atoms. The fourth-order valence-corrected chi connectivity index (χ4v) is 2.51. The van der Waals surface area contributed by atoms with E-state index in [0.717, 1.165) is 37.6 Å². The number of aryl methyl sites for hydroxylation is 1. The molecule has 1 atom stereocenters. The highest BCUT2D eigenvalue weighted by Crippen LogP contribution is 2.20. The number of hydrogen-bond acceptors (Lipinski definition) is 5. The van der Waals surface area contributed by atoms with Gasteiger partial charge < -0.3 is 15.0 Å². The third-order valence-corrected chi connectivity index (χ3v) is 3.68. The molecule has 1 aromatic heterocycles. The van der Waals surface area contributed by atoms with Crippen LogP contribution in [-0.4, -0.2) is 42.8 Å². The minimum atomic E-state index is 0.505. The maximum Gasteiger partial charge on any atom is 0.228 e. The monoisotopic (exact) mass is 278 g/mol. The van der Waals surface area contributed by atoms with Gasteiger partial charge in [-0.3, -0.25) is 0 Å². The molecule has 1 saturated heterocycles. The van der Waals surface area contributed by atoms with Gasteiger partial charge in [0.25, 0.3) is 0 Å². The predicted octanol–water partition coefficient (Wildman–Crippen LogP) is 2.15. The maximum absolute atomic E-state index is 5.65. The predicted molar refractivity (Wildman–Crippen MR) is 81.5 cm³/mol. The highest BCUT2D eigenvalue weighted by molar-refractivity contribution is 5.34. The average Bonchev–Trinajstić information content (AvgIpc) is 2.72. The van der Waals surface area contributed by atoms with Crippen molar-refractivity contribution in [3.05, 3.63) is 11.8 Å². The Hall–Kier alpha value is -1.36. The first-order valence-corrected chi connectivity index (χ1v) is 7.62. The molecular formula is C15H26N4O. The van der Waals surface area contributed by atoms with Gasteiger partial charge in [-0.25, -0.2) is 4.98 Å². The molecule has 5 nitrogen and oxygen atoms in total. The fourth-order valence-electron chi connectivity index (χ4n) is 2.51. The fraction of sp³-hybridized carbons (Fsp3) is 0.733. The van der Waals surface area contributed by atoms with E-state index in [4.69, 9.17) is 4.74 Å². The van der Waals surface area contributed by atoms with Gasteiger partial charge in [-0.1, -0.05) is 6.92 Å². The summed E-state index contributed by atoms with van der Waals surface area (Å²) < 4.78 is 5.65. The lowest BCUT2D eigenvalue weighted by molar-refractivity contribution is 0.304. The Morgan fingerprint density at radius 2 is 2.20 bits per heavy atom. The first kappa shape index (κ1) is 15.0. The number of hydrogen-bond donors (Lipinski definition) is 1. The van der Waals surface area contributed by atoms with E-state index in [-0.39, 0.29) is 0 Å². The van der Waals surface area contributed by atoms with Gasteiger partial charge in [0.05, 0.1) is 6.61 Å². The van der Waals surface area contributed by atoms with Crippen molar-refractivity contribution in [2.75, 3.05) is 31.6 Å². The summed E-state index contributed by atoms with van der Waals surface area (Å²) in [6, 6.07) is 2.41. The Labute approximate surface area is 121 Å². The second-order valence-corrected chi connectivity index (χ2v) is 5.44. The Morgan fingerprint density at radius 1 is 1.35 bits per heavy atom. The number of nitrogens with one attached hydrogen (secondary N) is 1. The Morgan fingerprint density at radius 3 is 3.00 bits per heavy atom. The molecule has 0 bridgehead atoms. The molecule has 5 heteroatoms. The molecule has 1 N–H and O–H groups in total. The van der Waals surface area contributed by atoms with Gasteiger partial charge in [-0.05, 0) is 45.7 Å². The van der Waals surface area contributed by atoms with Gasteiger partial charge in [-0.2, -0.15) is 4.98 Å². The molecule has 112 valence electrons. The zero-order valence-electron chi connectivity index (χ0n) is 12.9. The zero-order valence-corrected chi connectivity index (χ0v) is 12.9. The van der Waals surface area contributed by atoms with E-state index >= 15 is 0 Å². The highest BCUT2D eigenvalue weighted by Gasteiger charge is 2.19. The third-order valence-electron chi connectivity index (χ3n) is 3.68. The minimum Gasteiger partial charge on any atom is -0.478 e. The smallest absolute Gasteiger partial charge is 0.228 e. The molecule has 0 aromatic carbocycles. The summed E-state index contributed by atoms with van der Waals surface area (Å²) in [5, 5.41) is 3.44. The molecular weight excluding hydrogens is 252 g/mol. The van der Waals surface area contributed by atoms with Crippen molar-refractivity contribution in [2.45, 2.75) is 45.6 Å². The summed E-state index contributed by atoms with van der Waals surface area (Å²) in [6.07, 6.45) is 4.52. The Bertz CT molecular complexity index is 416. The second-order valence-electron chi connectivity index (χ2n) is 5.44. The number of rotatable bonds is 5. The van der Waals surface area contributed by atoms with Crippen molar-refractivity contribution in [1.29, 1.82) is 0 Å². The summed E-state index contributed by atoms with van der Waals surface area (Å²) in [5.41, 5.74) is 0.958. The zero-order chi connectivity index (χ0) is 14.4. The molecule has 0 aliphatic carbocycles. The number of anilines is 1. The van der Waals surface area contributed by atoms with Gasteiger partial charge in [0, 0.05) is 24.8 Å². The molecule has 1 unspecified atom stereocenters. The topological polar surface area (TPSA) is 50.3 Å². The number of nitrogens with zero attached hydrogens (tertiary/aromatic N) is 3. The van der Waals surface area contributed by atoms with Crippen molar-refractivity contribution in [3.8, 4) is 5.88 Å². The van der Waals surface area contributed by atoms with Gasteiger partial charge >= 0.3 is 0 Å². The van der Waals surface area contributed by atoms with E-state index in [1.54, 1.807) is 0 Å². The highest BCUT2D eigenvalue weighted by atomic mass is 16.5. The van der Waals surface area contributed by atoms with E-state index in [9.17, 15) is 0 Å². The van der Waals surface area contributed by atoms with Crippen molar-refractivity contribution < 1.29 is 4.74 Å². The molecule has 0 saturated carbocycles. The van der Waals surface area contributed by atoms with Crippen molar-refractivity contribution >= 4 is 5.95 Å². The van der Waals surface area contributed by atoms with E-state index in [0.29, 0.717) is 18.5 Å². The lowest BCUT2D eigenvalue weighted by Crippen LogP contribution is -2.33. The standard InChI is InChI=1S/C15H26N4O/c1-4-10-20-14-11-12(2)17-15(18-14)19(3)13-6-5-8-16-9-7-13/h11,13,16H,4-10H2,1-3H3. The second kappa shape index (κ2) is 7.43. The van der Waals surface area contributed by atoms with Crippen LogP contribution in [0.3, 0.4) is 0 Å². The van der Waals surface area contributed by atoms with Crippen LogP contribution < -0.4 is 15.0 Å². The average molecular weight is 278 g/mol. The van der Waals surface area contributed by atoms with Gasteiger partial charge in [-0.15, -0.1) is 0 Å². The quantitative estimate of drug-likeness (QED) is 0.894. The summed E-state index contributed by atoms with van der Waals surface area (Å²) >= 11 is 0. The van der Waals surface area contributed by atoms with Crippen LogP contribution in [0.4, 0.5) is 5.95 Å². The van der Waals surface area contributed by atoms with E-state index in [1.807, 2.05) is 13.0 Å². The normalized spacial score (nSPS) is 19.4. The van der Waals surface area contributed by atoms with Crippen LogP contribution in [0.1, 0.15) is 38.3 Å². The number of aromatic nitrogens is 2. The van der Waals surface area contributed by atoms with Crippen LogP contribution >= 0.6 is 0 Å². The molecule has 20 heavy (non-hydrogen) atoms. The summed E-state index contributed by atoms with van der Waals surface area (Å²) in [5.74, 6) is 1.47. The van der Waals surface area contributed by atoms with Crippen molar-refractivity contribution in [2.24, 2.45) is 0 Å². The SMILES string of the molecule is CCCOc1cc(C)nc(N(C)C2CCCNCC2)n1. The lowest BCUT2D eigenvalue weighted by atomic mass is 10.1. The summed E-state index contributed by atoms with van der Waals surface area (Å²) in [6.45, 7) is 6.98. The molecule has 0 amide bonds. The summed E-state index contributed by atoms with van der Waals surface area (Å²) in [7, 11) is 2.09. The Kier molecular flexibility index (Phi) is 5.59. The van der Waals surface area contributed by atoms with Crippen molar-refractivity contribution in [1.82, 2.24) is 15.3 Å². The van der Waals surface area contributed by atoms with Crippen molar-refractivity contribution in [3.63, 3.8) is 0 Å². The molecule has 0 radical (unpaired) electrons. The molecule has 2 rings (SSSR count). The van der Waals surface area contributed by atoms with E-state index in [2.05, 4.69) is 34.2 Å². The molecule has 1 aliphatic rings. The molecule has 2 heterocycles. The first-order valence-electron chi connectivity index (χ1n) is 7.62. The first-order chi connectivity index (χ1) is 9.70. The van der Waals surface area contributed by atoms with Crippen LogP contribution in [0.25, 0.3) is 0 Å². The van der Waals surface area contributed by atoms with Crippen LogP contribution in [0.15, 0.2) is 6.07 Å². The van der Waals surface area contributed by atoms with E-state index < -0.39 is 0 Å². The van der Waals surface area contributed by atoms with Crippen LogP contribution in [0, 0.1) is 6.92 Å². The van der Waals surface area contributed by atoms with Gasteiger partial charge in [0.15, 0.2) is 0 Å².